The van der Waals surface area contributed by atoms with Gasteiger partial charge in [-0.25, -0.2) is 0 Å². The van der Waals surface area contributed by atoms with E-state index < -0.39 is 17.9 Å². The van der Waals surface area contributed by atoms with Crippen molar-refractivity contribution in [3.63, 3.8) is 0 Å². The number of nitrogens with two attached hydrogens (primary N) is 1. The van der Waals surface area contributed by atoms with E-state index in [2.05, 4.69) is 5.32 Å². The molecule has 0 aromatic heterocycles. The monoisotopic (exact) mass is 332 g/mol. The molecular weight excluding hydrogens is 316 g/mol. The molecule has 1 atom stereocenters. The number of rotatable bonds is 6. The quantitative estimate of drug-likeness (QED) is 0.852. The number of para-hydroxylation sites is 1. The highest BCUT2D eigenvalue weighted by Crippen LogP contribution is 2.20. The summed E-state index contributed by atoms with van der Waals surface area (Å²) >= 11 is 5.84. The highest BCUT2D eigenvalue weighted by molar-refractivity contribution is 6.30. The Morgan fingerprint density at radius 1 is 1.17 bits per heavy atom. The summed E-state index contributed by atoms with van der Waals surface area (Å²) < 4.78 is 5.71. The lowest BCUT2D eigenvalue weighted by molar-refractivity contribution is -0.119. The van der Waals surface area contributed by atoms with E-state index in [-0.39, 0.29) is 0 Å². The zero-order valence-corrected chi connectivity index (χ0v) is 13.3. The number of hydrogen-bond acceptors (Lipinski definition) is 3. The molecule has 0 saturated heterocycles. The van der Waals surface area contributed by atoms with Crippen LogP contribution in [-0.4, -0.2) is 17.9 Å². The summed E-state index contributed by atoms with van der Waals surface area (Å²) in [6.45, 7) is 1.82. The second-order valence-electron chi connectivity index (χ2n) is 5.01. The van der Waals surface area contributed by atoms with Crippen molar-refractivity contribution in [2.45, 2.75) is 19.6 Å². The Balaban J connectivity index is 2.09. The smallest absolute Gasteiger partial charge is 0.255 e. The molecule has 0 spiro atoms. The van der Waals surface area contributed by atoms with Crippen LogP contribution in [0, 0.1) is 0 Å². The van der Waals surface area contributed by atoms with E-state index in [1.165, 1.54) is 6.92 Å². The maximum Gasteiger partial charge on any atom is 0.255 e. The summed E-state index contributed by atoms with van der Waals surface area (Å²) in [6.07, 6.45) is 0. The Kier molecular flexibility index (Phi) is 5.60. The molecule has 0 radical (unpaired) electrons. The van der Waals surface area contributed by atoms with Gasteiger partial charge in [0.05, 0.1) is 5.56 Å². The lowest BCUT2D eigenvalue weighted by Gasteiger charge is -2.14. The van der Waals surface area contributed by atoms with Crippen LogP contribution < -0.4 is 15.8 Å². The normalized spacial score (nSPS) is 11.6. The molecular formula is C17H17ClN2O3. The number of benzene rings is 2. The van der Waals surface area contributed by atoms with Crippen molar-refractivity contribution in [2.24, 2.45) is 5.73 Å². The first-order valence-corrected chi connectivity index (χ1v) is 7.41. The number of halogens is 1. The van der Waals surface area contributed by atoms with Crippen LogP contribution >= 0.6 is 11.6 Å². The second-order valence-corrected chi connectivity index (χ2v) is 5.45. The van der Waals surface area contributed by atoms with E-state index in [1.807, 2.05) is 12.1 Å². The molecule has 0 aliphatic rings. The summed E-state index contributed by atoms with van der Waals surface area (Å²) in [6, 6.07) is 13.3. The van der Waals surface area contributed by atoms with Crippen molar-refractivity contribution >= 4 is 23.4 Å². The van der Waals surface area contributed by atoms with Crippen molar-refractivity contribution in [3.8, 4) is 5.75 Å². The third kappa shape index (κ3) is 4.72. The van der Waals surface area contributed by atoms with Crippen LogP contribution in [0.5, 0.6) is 5.75 Å². The van der Waals surface area contributed by atoms with Gasteiger partial charge in [-0.1, -0.05) is 35.9 Å². The average Bonchev–Trinajstić information content (AvgIpc) is 2.54. The molecule has 2 aromatic rings. The zero-order chi connectivity index (χ0) is 16.8. The van der Waals surface area contributed by atoms with E-state index in [0.717, 1.165) is 5.56 Å². The van der Waals surface area contributed by atoms with Crippen molar-refractivity contribution in [1.82, 2.24) is 5.32 Å². The maximum absolute atomic E-state index is 12.2. The molecule has 0 fully saturated rings. The highest BCUT2D eigenvalue weighted by atomic mass is 35.5. The fraction of sp³-hybridized carbons (Fsp3) is 0.176. The van der Waals surface area contributed by atoms with Crippen LogP contribution in [0.2, 0.25) is 5.02 Å². The number of nitrogens with one attached hydrogen (secondary N) is 1. The lowest BCUT2D eigenvalue weighted by Crippen LogP contribution is -2.42. The van der Waals surface area contributed by atoms with Crippen LogP contribution in [0.1, 0.15) is 22.8 Å². The first-order chi connectivity index (χ1) is 11.0. The number of carbonyl (C=O) groups excluding carboxylic acids is 2. The Hall–Kier alpha value is -2.53. The summed E-state index contributed by atoms with van der Waals surface area (Å²) in [5.74, 6) is -0.586. The van der Waals surface area contributed by atoms with Gasteiger partial charge in [-0.3, -0.25) is 9.59 Å². The zero-order valence-electron chi connectivity index (χ0n) is 12.6. The van der Waals surface area contributed by atoms with Crippen molar-refractivity contribution < 1.29 is 14.3 Å². The Bertz CT molecular complexity index is 701. The SMILES string of the molecule is CC(NC(=O)c1ccccc1OCc1ccc(Cl)cc1)C(N)=O. The molecule has 0 heterocycles. The van der Waals surface area contributed by atoms with E-state index in [0.29, 0.717) is 22.9 Å². The molecule has 0 aliphatic heterocycles. The molecule has 6 heteroatoms. The number of ether oxygens (including phenoxy) is 1. The molecule has 1 unspecified atom stereocenters. The van der Waals surface area contributed by atoms with Crippen molar-refractivity contribution in [3.05, 3.63) is 64.7 Å². The van der Waals surface area contributed by atoms with Gasteiger partial charge in [0.25, 0.3) is 5.91 Å². The molecule has 3 N–H and O–H groups in total. The fourth-order valence-electron chi connectivity index (χ4n) is 1.87. The molecule has 0 bridgehead atoms. The summed E-state index contributed by atoms with van der Waals surface area (Å²) in [7, 11) is 0. The fourth-order valence-corrected chi connectivity index (χ4v) is 1.99. The minimum atomic E-state index is -0.758. The van der Waals surface area contributed by atoms with Gasteiger partial charge in [0.2, 0.25) is 5.91 Å². The van der Waals surface area contributed by atoms with Gasteiger partial charge in [0, 0.05) is 5.02 Å². The topological polar surface area (TPSA) is 81.4 Å². The Morgan fingerprint density at radius 2 is 1.83 bits per heavy atom. The lowest BCUT2D eigenvalue weighted by atomic mass is 10.1. The van der Waals surface area contributed by atoms with E-state index in [9.17, 15) is 9.59 Å². The van der Waals surface area contributed by atoms with Gasteiger partial charge in [-0.15, -0.1) is 0 Å². The predicted octanol–water partition coefficient (Wildman–Crippen LogP) is 2.52. The predicted molar refractivity (Wildman–Crippen MR) is 88.3 cm³/mol. The van der Waals surface area contributed by atoms with E-state index >= 15 is 0 Å². The van der Waals surface area contributed by atoms with E-state index in [1.54, 1.807) is 36.4 Å². The van der Waals surface area contributed by atoms with Crippen LogP contribution in [0.3, 0.4) is 0 Å². The number of hydrogen-bond donors (Lipinski definition) is 2. The van der Waals surface area contributed by atoms with Gasteiger partial charge in [-0.2, -0.15) is 0 Å². The largest absolute Gasteiger partial charge is 0.488 e. The summed E-state index contributed by atoms with van der Waals surface area (Å²) in [5.41, 5.74) is 6.42. The van der Waals surface area contributed by atoms with Crippen LogP contribution in [0.15, 0.2) is 48.5 Å². The van der Waals surface area contributed by atoms with Crippen LogP contribution in [-0.2, 0) is 11.4 Å². The molecule has 0 aliphatic carbocycles. The first kappa shape index (κ1) is 16.8. The molecule has 120 valence electrons. The number of carbonyl (C=O) groups is 2. The standard InChI is InChI=1S/C17H17ClN2O3/c1-11(16(19)21)20-17(22)14-4-2-3-5-15(14)23-10-12-6-8-13(18)9-7-12/h2-9,11H,10H2,1H3,(H2,19,21)(H,20,22). The van der Waals surface area contributed by atoms with Gasteiger partial charge in [0.15, 0.2) is 0 Å². The van der Waals surface area contributed by atoms with Crippen LogP contribution in [0.4, 0.5) is 0 Å². The summed E-state index contributed by atoms with van der Waals surface area (Å²) in [4.78, 5) is 23.3. The average molecular weight is 333 g/mol. The number of amides is 2. The van der Waals surface area contributed by atoms with Gasteiger partial charge >= 0.3 is 0 Å². The van der Waals surface area contributed by atoms with Gasteiger partial charge in [-0.05, 0) is 36.8 Å². The van der Waals surface area contributed by atoms with Gasteiger partial charge < -0.3 is 15.8 Å². The molecule has 2 rings (SSSR count). The third-order valence-corrected chi connectivity index (χ3v) is 3.47. The van der Waals surface area contributed by atoms with Gasteiger partial charge in [0.1, 0.15) is 18.4 Å². The Morgan fingerprint density at radius 3 is 2.48 bits per heavy atom. The highest BCUT2D eigenvalue weighted by Gasteiger charge is 2.17. The summed E-state index contributed by atoms with van der Waals surface area (Å²) in [5, 5.41) is 3.18. The molecule has 2 amide bonds. The van der Waals surface area contributed by atoms with Crippen molar-refractivity contribution in [1.29, 1.82) is 0 Å². The number of primary amides is 1. The Labute approximate surface area is 139 Å². The molecule has 5 nitrogen and oxygen atoms in total. The third-order valence-electron chi connectivity index (χ3n) is 3.21. The molecule has 2 aromatic carbocycles. The molecule has 0 saturated carbocycles. The van der Waals surface area contributed by atoms with E-state index in [4.69, 9.17) is 22.1 Å². The van der Waals surface area contributed by atoms with Crippen molar-refractivity contribution in [2.75, 3.05) is 0 Å². The van der Waals surface area contributed by atoms with Crippen LogP contribution in [0.25, 0.3) is 0 Å². The maximum atomic E-state index is 12.2. The minimum Gasteiger partial charge on any atom is -0.488 e. The molecule has 23 heavy (non-hydrogen) atoms. The minimum absolute atomic E-state index is 0.298. The second kappa shape index (κ2) is 7.65. The first-order valence-electron chi connectivity index (χ1n) is 7.04.